The van der Waals surface area contributed by atoms with Gasteiger partial charge >= 0.3 is 0 Å². The van der Waals surface area contributed by atoms with E-state index >= 15 is 0 Å². The molecule has 0 bridgehead atoms. The number of aromatic nitrogens is 1. The van der Waals surface area contributed by atoms with E-state index in [4.69, 9.17) is 5.26 Å². The van der Waals surface area contributed by atoms with Crippen LogP contribution in [0.25, 0.3) is 5.57 Å². The lowest BCUT2D eigenvalue weighted by atomic mass is 10.3. The Hall–Kier alpha value is -1.64. The monoisotopic (exact) mass is 319 g/mol. The third-order valence-corrected chi connectivity index (χ3v) is 3.72. The van der Waals surface area contributed by atoms with Gasteiger partial charge in [0.05, 0.1) is 0 Å². The first-order valence-electron chi connectivity index (χ1n) is 5.24. The average Bonchev–Trinajstić information content (AvgIpc) is 2.79. The van der Waals surface area contributed by atoms with Crippen LogP contribution >= 0.6 is 27.3 Å². The van der Waals surface area contributed by atoms with Crippen molar-refractivity contribution in [2.45, 2.75) is 6.92 Å². The van der Waals surface area contributed by atoms with Gasteiger partial charge in [-0.2, -0.15) is 5.26 Å². The molecule has 0 amide bonds. The summed E-state index contributed by atoms with van der Waals surface area (Å²) < 4.78 is 1.02. The zero-order chi connectivity index (χ0) is 13.0. The van der Waals surface area contributed by atoms with Gasteiger partial charge in [0.15, 0.2) is 0 Å². The Morgan fingerprint density at radius 2 is 2.17 bits per heavy atom. The Labute approximate surface area is 118 Å². The van der Waals surface area contributed by atoms with Crippen molar-refractivity contribution < 1.29 is 0 Å². The summed E-state index contributed by atoms with van der Waals surface area (Å²) in [7, 11) is 0. The van der Waals surface area contributed by atoms with Crippen LogP contribution in [-0.2, 0) is 0 Å². The fourth-order valence-corrected chi connectivity index (χ4v) is 2.35. The second kappa shape index (κ2) is 5.80. The van der Waals surface area contributed by atoms with Gasteiger partial charge in [-0.15, -0.1) is 11.3 Å². The first-order valence-corrected chi connectivity index (χ1v) is 6.91. The lowest BCUT2D eigenvalue weighted by Crippen LogP contribution is -1.90. The average molecular weight is 320 g/mol. The van der Waals surface area contributed by atoms with Gasteiger partial charge in [0.1, 0.15) is 16.6 Å². The number of thiazole rings is 1. The van der Waals surface area contributed by atoms with E-state index in [9.17, 15) is 0 Å². The van der Waals surface area contributed by atoms with E-state index in [1.807, 2.05) is 36.6 Å². The topological polar surface area (TPSA) is 48.7 Å². The minimum absolute atomic E-state index is 0.538. The zero-order valence-corrected chi connectivity index (χ0v) is 12.0. The van der Waals surface area contributed by atoms with Crippen molar-refractivity contribution in [2.24, 2.45) is 0 Å². The van der Waals surface area contributed by atoms with Crippen LogP contribution in [0.15, 0.2) is 40.3 Å². The van der Waals surface area contributed by atoms with Gasteiger partial charge in [-0.05, 0) is 31.2 Å². The Morgan fingerprint density at radius 3 is 2.72 bits per heavy atom. The molecule has 1 aromatic heterocycles. The maximum Gasteiger partial charge on any atom is 0.135 e. The van der Waals surface area contributed by atoms with Crippen molar-refractivity contribution in [1.82, 2.24) is 4.98 Å². The fourth-order valence-electron chi connectivity index (χ4n) is 1.32. The highest BCUT2D eigenvalue weighted by molar-refractivity contribution is 9.10. The summed E-state index contributed by atoms with van der Waals surface area (Å²) >= 11 is 4.85. The molecule has 90 valence electrons. The highest BCUT2D eigenvalue weighted by atomic mass is 79.9. The standard InChI is InChI=1S/C13H10BrN3S/c1-9-8-18-13(17-9)10(6-15)7-16-12-4-2-11(14)3-5-12/h2-5,7-8,16H,1H3/b10-7+. The molecule has 0 aliphatic rings. The number of hydrogen-bond donors (Lipinski definition) is 1. The molecule has 2 aromatic rings. The Bertz CT molecular complexity index is 608. The second-order valence-corrected chi connectivity index (χ2v) is 5.39. The Kier molecular flexibility index (Phi) is 4.13. The van der Waals surface area contributed by atoms with Crippen molar-refractivity contribution >= 4 is 38.5 Å². The molecular formula is C13H10BrN3S. The van der Waals surface area contributed by atoms with Gasteiger partial charge < -0.3 is 5.32 Å². The molecule has 1 N–H and O–H groups in total. The van der Waals surface area contributed by atoms with Crippen LogP contribution < -0.4 is 5.32 Å². The molecule has 0 aliphatic heterocycles. The predicted octanol–water partition coefficient (Wildman–Crippen LogP) is 4.19. The third kappa shape index (κ3) is 3.19. The summed E-state index contributed by atoms with van der Waals surface area (Å²) in [5.41, 5.74) is 2.40. The SMILES string of the molecule is Cc1csc(/C(C#N)=C/Nc2ccc(Br)cc2)n1. The van der Waals surface area contributed by atoms with Crippen molar-refractivity contribution in [3.8, 4) is 6.07 Å². The summed E-state index contributed by atoms with van der Waals surface area (Å²) in [6.07, 6.45) is 1.68. The van der Waals surface area contributed by atoms with Crippen LogP contribution in [0.3, 0.4) is 0 Å². The van der Waals surface area contributed by atoms with E-state index in [1.165, 1.54) is 11.3 Å². The number of halogens is 1. The maximum atomic E-state index is 9.11. The van der Waals surface area contributed by atoms with Gasteiger partial charge in [0, 0.05) is 27.4 Å². The molecule has 0 fully saturated rings. The number of aryl methyl sites for hydroxylation is 1. The number of allylic oxidation sites excluding steroid dienone is 1. The molecule has 0 saturated carbocycles. The first-order chi connectivity index (χ1) is 8.69. The first kappa shape index (κ1) is 12.8. The van der Waals surface area contributed by atoms with Crippen molar-refractivity contribution in [1.29, 1.82) is 5.26 Å². The maximum absolute atomic E-state index is 9.11. The molecule has 0 spiro atoms. The van der Waals surface area contributed by atoms with Gasteiger partial charge in [-0.3, -0.25) is 0 Å². The summed E-state index contributed by atoms with van der Waals surface area (Å²) in [4.78, 5) is 4.29. The van der Waals surface area contributed by atoms with Crippen molar-refractivity contribution in [2.75, 3.05) is 5.32 Å². The van der Waals surface area contributed by atoms with E-state index in [0.29, 0.717) is 5.57 Å². The minimum atomic E-state index is 0.538. The lowest BCUT2D eigenvalue weighted by molar-refractivity contribution is 1.24. The molecule has 5 heteroatoms. The number of benzene rings is 1. The molecule has 0 aliphatic carbocycles. The molecule has 3 nitrogen and oxygen atoms in total. The number of nitrogens with one attached hydrogen (secondary N) is 1. The van der Waals surface area contributed by atoms with Gasteiger partial charge in [-0.25, -0.2) is 4.98 Å². The summed E-state index contributed by atoms with van der Waals surface area (Å²) in [6.45, 7) is 1.91. The molecular weight excluding hydrogens is 310 g/mol. The Balaban J connectivity index is 2.16. The van der Waals surface area contributed by atoms with Gasteiger partial charge in [-0.1, -0.05) is 15.9 Å². The van der Waals surface area contributed by atoms with Gasteiger partial charge in [0.25, 0.3) is 0 Å². The van der Waals surface area contributed by atoms with E-state index in [0.717, 1.165) is 20.9 Å². The highest BCUT2D eigenvalue weighted by Crippen LogP contribution is 2.19. The quantitative estimate of drug-likeness (QED) is 0.863. The van der Waals surface area contributed by atoms with Crippen LogP contribution in [0.1, 0.15) is 10.7 Å². The summed E-state index contributed by atoms with van der Waals surface area (Å²) in [5.74, 6) is 0. The predicted molar refractivity (Wildman–Crippen MR) is 78.2 cm³/mol. The van der Waals surface area contributed by atoms with Crippen LogP contribution in [0.2, 0.25) is 0 Å². The number of hydrogen-bond acceptors (Lipinski definition) is 4. The highest BCUT2D eigenvalue weighted by Gasteiger charge is 2.04. The van der Waals surface area contributed by atoms with Crippen molar-refractivity contribution in [3.63, 3.8) is 0 Å². The molecule has 0 unspecified atom stereocenters. The van der Waals surface area contributed by atoms with Crippen LogP contribution in [0.5, 0.6) is 0 Å². The molecule has 0 atom stereocenters. The zero-order valence-electron chi connectivity index (χ0n) is 9.64. The largest absolute Gasteiger partial charge is 0.360 e. The minimum Gasteiger partial charge on any atom is -0.360 e. The lowest BCUT2D eigenvalue weighted by Gasteiger charge is -2.01. The van der Waals surface area contributed by atoms with E-state index in [1.54, 1.807) is 6.20 Å². The van der Waals surface area contributed by atoms with E-state index < -0.39 is 0 Å². The molecule has 18 heavy (non-hydrogen) atoms. The van der Waals surface area contributed by atoms with Crippen LogP contribution in [-0.4, -0.2) is 4.98 Å². The summed E-state index contributed by atoms with van der Waals surface area (Å²) in [6, 6.07) is 9.90. The smallest absolute Gasteiger partial charge is 0.135 e. The van der Waals surface area contributed by atoms with Gasteiger partial charge in [0.2, 0.25) is 0 Å². The fraction of sp³-hybridized carbons (Fsp3) is 0.0769. The Morgan fingerprint density at radius 1 is 1.44 bits per heavy atom. The molecule has 2 rings (SSSR count). The van der Waals surface area contributed by atoms with E-state index in [-0.39, 0.29) is 0 Å². The summed E-state index contributed by atoms with van der Waals surface area (Å²) in [5, 5.41) is 14.9. The molecule has 1 aromatic carbocycles. The third-order valence-electron chi connectivity index (χ3n) is 2.20. The molecule has 0 radical (unpaired) electrons. The normalized spacial score (nSPS) is 11.1. The number of nitrogens with zero attached hydrogens (tertiary/aromatic N) is 2. The number of rotatable bonds is 3. The second-order valence-electron chi connectivity index (χ2n) is 3.62. The van der Waals surface area contributed by atoms with E-state index in [2.05, 4.69) is 32.3 Å². The van der Waals surface area contributed by atoms with Crippen LogP contribution in [0.4, 0.5) is 5.69 Å². The van der Waals surface area contributed by atoms with Crippen LogP contribution in [0, 0.1) is 18.3 Å². The van der Waals surface area contributed by atoms with Crippen molar-refractivity contribution in [3.05, 3.63) is 51.0 Å². The molecule has 0 saturated heterocycles. The molecule has 1 heterocycles. The number of nitriles is 1. The number of anilines is 1.